The predicted octanol–water partition coefficient (Wildman–Crippen LogP) is 12.3. The highest BCUT2D eigenvalue weighted by molar-refractivity contribution is 7.25. The molecule has 0 spiro atoms. The molecule has 0 unspecified atom stereocenters. The number of anilines is 5. The second-order valence-corrected chi connectivity index (χ2v) is 12.2. The number of aryl methyl sites for hydroxylation is 1. The van der Waals surface area contributed by atoms with Gasteiger partial charge in [-0.1, -0.05) is 72.3 Å². The fourth-order valence-corrected chi connectivity index (χ4v) is 6.87. The Morgan fingerprint density at radius 1 is 0.511 bits per heavy atom. The van der Waals surface area contributed by atoms with Crippen LogP contribution in [-0.2, 0) is 6.18 Å². The fourth-order valence-electron chi connectivity index (χ4n) is 5.70. The Balaban J connectivity index is 1.24. The minimum atomic E-state index is -4.35. The Morgan fingerprint density at radius 2 is 1.00 bits per heavy atom. The minimum Gasteiger partial charge on any atom is -0.345 e. The lowest BCUT2D eigenvalue weighted by Crippen LogP contribution is -2.10. The number of halogens is 3. The molecule has 45 heavy (non-hydrogen) atoms. The van der Waals surface area contributed by atoms with Gasteiger partial charge in [-0.15, -0.1) is 11.3 Å². The lowest BCUT2D eigenvalue weighted by molar-refractivity contribution is -0.137. The molecule has 0 saturated carbocycles. The number of para-hydroxylation sites is 1. The third kappa shape index (κ3) is 5.65. The van der Waals surface area contributed by atoms with E-state index in [0.29, 0.717) is 5.69 Å². The molecule has 0 N–H and O–H groups in total. The molecule has 1 heterocycles. The third-order valence-electron chi connectivity index (χ3n) is 8.19. The number of fused-ring (bicyclic) bond motifs is 3. The van der Waals surface area contributed by atoms with E-state index in [2.05, 4.69) is 115 Å². The predicted molar refractivity (Wildman–Crippen MR) is 184 cm³/mol. The van der Waals surface area contributed by atoms with Gasteiger partial charge in [-0.25, -0.2) is 0 Å². The second-order valence-electron chi connectivity index (χ2n) is 11.2. The second kappa shape index (κ2) is 11.5. The van der Waals surface area contributed by atoms with Crippen molar-refractivity contribution in [1.82, 2.24) is 0 Å². The molecule has 0 aliphatic carbocycles. The SMILES string of the molecule is Cc1ccc(-c2ccc(N(c3ccccc3)c3ccc4c(c3)sc3cc(N(C)c5ccc(C(F)(F)F)cc5)ccc34)cc2)cc1. The van der Waals surface area contributed by atoms with Crippen LogP contribution in [0.3, 0.4) is 0 Å². The van der Waals surface area contributed by atoms with Crippen molar-refractivity contribution < 1.29 is 13.2 Å². The molecule has 0 aliphatic heterocycles. The molecule has 1 aromatic heterocycles. The van der Waals surface area contributed by atoms with Crippen LogP contribution in [0.5, 0.6) is 0 Å². The Kier molecular flexibility index (Phi) is 7.30. The standard InChI is InChI=1S/C39H29F3N2S/c1-26-8-10-27(11-9-26)28-12-16-32(17-13-28)44(31-6-4-3-5-7-31)34-21-23-36-35-22-20-33(24-37(35)45-38(36)25-34)43(2)30-18-14-29(15-19-30)39(40,41)42/h3-25H,1-2H3. The molecule has 0 aliphatic rings. The Hall–Kier alpha value is -5.07. The van der Waals surface area contributed by atoms with Gasteiger partial charge in [-0.05, 0) is 90.8 Å². The molecule has 6 heteroatoms. The van der Waals surface area contributed by atoms with Crippen LogP contribution in [0.25, 0.3) is 31.3 Å². The van der Waals surface area contributed by atoms with Gasteiger partial charge in [0, 0.05) is 55.7 Å². The van der Waals surface area contributed by atoms with Gasteiger partial charge in [-0.3, -0.25) is 0 Å². The van der Waals surface area contributed by atoms with Crippen LogP contribution in [0.1, 0.15) is 11.1 Å². The maximum absolute atomic E-state index is 13.1. The van der Waals surface area contributed by atoms with Gasteiger partial charge < -0.3 is 9.80 Å². The van der Waals surface area contributed by atoms with Crippen molar-refractivity contribution in [2.45, 2.75) is 13.1 Å². The smallest absolute Gasteiger partial charge is 0.345 e. The Bertz CT molecular complexity index is 2100. The zero-order valence-corrected chi connectivity index (χ0v) is 25.5. The summed E-state index contributed by atoms with van der Waals surface area (Å²) in [7, 11) is 1.87. The van der Waals surface area contributed by atoms with Gasteiger partial charge in [0.1, 0.15) is 0 Å². The number of hydrogen-bond acceptors (Lipinski definition) is 3. The van der Waals surface area contributed by atoms with E-state index in [-0.39, 0.29) is 0 Å². The molecule has 6 aromatic carbocycles. The molecule has 0 atom stereocenters. The largest absolute Gasteiger partial charge is 0.416 e. The summed E-state index contributed by atoms with van der Waals surface area (Å²) >= 11 is 1.71. The van der Waals surface area contributed by atoms with Crippen LogP contribution in [0.2, 0.25) is 0 Å². The number of alkyl halides is 3. The lowest BCUT2D eigenvalue weighted by Gasteiger charge is -2.25. The average Bonchev–Trinajstić information content (AvgIpc) is 3.42. The molecular weight excluding hydrogens is 586 g/mol. The van der Waals surface area contributed by atoms with Gasteiger partial charge >= 0.3 is 6.18 Å². The summed E-state index contributed by atoms with van der Waals surface area (Å²) in [5, 5.41) is 2.32. The summed E-state index contributed by atoms with van der Waals surface area (Å²) in [5.41, 5.74) is 7.75. The zero-order chi connectivity index (χ0) is 31.1. The number of thiophene rings is 1. The van der Waals surface area contributed by atoms with Crippen LogP contribution in [0, 0.1) is 6.92 Å². The summed E-state index contributed by atoms with van der Waals surface area (Å²) in [5.74, 6) is 0. The Morgan fingerprint density at radius 3 is 1.60 bits per heavy atom. The van der Waals surface area contributed by atoms with Crippen LogP contribution < -0.4 is 9.80 Å². The van der Waals surface area contributed by atoms with Crippen molar-refractivity contribution in [3.8, 4) is 11.1 Å². The summed E-state index contributed by atoms with van der Waals surface area (Å²) in [6.45, 7) is 2.10. The first kappa shape index (κ1) is 28.7. The van der Waals surface area contributed by atoms with Gasteiger partial charge in [0.2, 0.25) is 0 Å². The number of rotatable bonds is 6. The molecule has 7 rings (SSSR count). The summed E-state index contributed by atoms with van der Waals surface area (Å²) in [4.78, 5) is 4.18. The van der Waals surface area contributed by atoms with Crippen LogP contribution >= 0.6 is 11.3 Å². The molecule has 7 aromatic rings. The molecule has 0 radical (unpaired) electrons. The highest BCUT2D eigenvalue weighted by Crippen LogP contribution is 2.42. The van der Waals surface area contributed by atoms with Crippen molar-refractivity contribution in [3.05, 3.63) is 151 Å². The van der Waals surface area contributed by atoms with E-state index in [1.165, 1.54) is 34.2 Å². The summed E-state index contributed by atoms with van der Waals surface area (Å²) in [6.07, 6.45) is -4.35. The van der Waals surface area contributed by atoms with Crippen LogP contribution in [0.4, 0.5) is 41.6 Å². The summed E-state index contributed by atoms with van der Waals surface area (Å²) in [6, 6.07) is 45.7. The van der Waals surface area contributed by atoms with Gasteiger partial charge in [-0.2, -0.15) is 13.2 Å². The number of benzene rings is 6. The highest BCUT2D eigenvalue weighted by Gasteiger charge is 2.30. The molecule has 0 amide bonds. The quantitative estimate of drug-likeness (QED) is 0.184. The van der Waals surface area contributed by atoms with E-state index in [0.717, 1.165) is 49.7 Å². The number of hydrogen-bond donors (Lipinski definition) is 0. The summed E-state index contributed by atoms with van der Waals surface area (Å²) < 4.78 is 41.5. The maximum atomic E-state index is 13.1. The van der Waals surface area contributed by atoms with Gasteiger partial charge in [0.05, 0.1) is 5.56 Å². The van der Waals surface area contributed by atoms with E-state index in [4.69, 9.17) is 0 Å². The molecule has 0 saturated heterocycles. The lowest BCUT2D eigenvalue weighted by atomic mass is 10.0. The fraction of sp³-hybridized carbons (Fsp3) is 0.0769. The molecule has 222 valence electrons. The van der Waals surface area contributed by atoms with E-state index in [1.807, 2.05) is 24.1 Å². The first-order chi connectivity index (χ1) is 21.7. The third-order valence-corrected chi connectivity index (χ3v) is 9.31. The Labute approximate surface area is 264 Å². The van der Waals surface area contributed by atoms with E-state index >= 15 is 0 Å². The first-order valence-corrected chi connectivity index (χ1v) is 15.5. The van der Waals surface area contributed by atoms with E-state index in [1.54, 1.807) is 11.3 Å². The van der Waals surface area contributed by atoms with Crippen molar-refractivity contribution in [2.75, 3.05) is 16.8 Å². The number of nitrogens with zero attached hydrogens (tertiary/aromatic N) is 2. The van der Waals surface area contributed by atoms with E-state index < -0.39 is 11.7 Å². The van der Waals surface area contributed by atoms with Crippen LogP contribution in [-0.4, -0.2) is 7.05 Å². The minimum absolute atomic E-state index is 0.651. The van der Waals surface area contributed by atoms with Gasteiger partial charge in [0.25, 0.3) is 0 Å². The molecule has 2 nitrogen and oxygen atoms in total. The topological polar surface area (TPSA) is 6.48 Å². The monoisotopic (exact) mass is 614 g/mol. The normalized spacial score (nSPS) is 11.7. The molecular formula is C39H29F3N2S. The maximum Gasteiger partial charge on any atom is 0.416 e. The van der Waals surface area contributed by atoms with Crippen molar-refractivity contribution in [2.24, 2.45) is 0 Å². The van der Waals surface area contributed by atoms with Gasteiger partial charge in [0.15, 0.2) is 0 Å². The zero-order valence-electron chi connectivity index (χ0n) is 24.7. The average molecular weight is 615 g/mol. The van der Waals surface area contributed by atoms with Crippen molar-refractivity contribution in [3.63, 3.8) is 0 Å². The van der Waals surface area contributed by atoms with Crippen molar-refractivity contribution in [1.29, 1.82) is 0 Å². The first-order valence-electron chi connectivity index (χ1n) is 14.6. The van der Waals surface area contributed by atoms with Crippen molar-refractivity contribution >= 4 is 59.9 Å². The van der Waals surface area contributed by atoms with Crippen LogP contribution in [0.15, 0.2) is 140 Å². The molecule has 0 bridgehead atoms. The highest BCUT2D eigenvalue weighted by atomic mass is 32.1. The molecule has 0 fully saturated rings. The van der Waals surface area contributed by atoms with E-state index in [9.17, 15) is 13.2 Å².